The maximum Gasteiger partial charge on any atom is 0.226 e. The number of phenolic OH excluding ortho intramolecular Hbond substituents is 1. The molecule has 0 radical (unpaired) electrons. The SMILES string of the molecule is CCN(CC(C)C)C(=O)Cc1cccc(O)c1. The maximum atomic E-state index is 12.0. The van der Waals surface area contributed by atoms with Gasteiger partial charge in [0, 0.05) is 13.1 Å². The fourth-order valence-corrected chi connectivity index (χ4v) is 1.80. The second-order valence-corrected chi connectivity index (χ2v) is 4.67. The van der Waals surface area contributed by atoms with Crippen molar-refractivity contribution in [2.45, 2.75) is 27.2 Å². The fraction of sp³-hybridized carbons (Fsp3) is 0.500. The lowest BCUT2D eigenvalue weighted by Crippen LogP contribution is -2.35. The van der Waals surface area contributed by atoms with Crippen LogP contribution in [0, 0.1) is 5.92 Å². The minimum Gasteiger partial charge on any atom is -0.508 e. The third-order valence-corrected chi connectivity index (χ3v) is 2.59. The molecule has 94 valence electrons. The number of likely N-dealkylation sites (N-methyl/N-ethyl adjacent to an activating group) is 1. The van der Waals surface area contributed by atoms with Crippen LogP contribution in [0.1, 0.15) is 26.3 Å². The summed E-state index contributed by atoms with van der Waals surface area (Å²) in [6.07, 6.45) is 0.356. The van der Waals surface area contributed by atoms with Gasteiger partial charge in [-0.25, -0.2) is 0 Å². The Morgan fingerprint density at radius 2 is 2.12 bits per heavy atom. The van der Waals surface area contributed by atoms with E-state index < -0.39 is 0 Å². The summed E-state index contributed by atoms with van der Waals surface area (Å²) in [7, 11) is 0. The molecule has 1 amide bonds. The summed E-state index contributed by atoms with van der Waals surface area (Å²) in [5, 5.41) is 9.34. The topological polar surface area (TPSA) is 40.5 Å². The summed E-state index contributed by atoms with van der Waals surface area (Å²) in [5.41, 5.74) is 0.859. The van der Waals surface area contributed by atoms with Crippen molar-refractivity contribution >= 4 is 5.91 Å². The molecule has 0 aromatic heterocycles. The highest BCUT2D eigenvalue weighted by Gasteiger charge is 2.13. The largest absolute Gasteiger partial charge is 0.508 e. The molecule has 17 heavy (non-hydrogen) atoms. The van der Waals surface area contributed by atoms with E-state index in [2.05, 4.69) is 13.8 Å². The molecule has 0 spiro atoms. The number of benzene rings is 1. The van der Waals surface area contributed by atoms with E-state index in [0.29, 0.717) is 12.3 Å². The number of carbonyl (C=O) groups is 1. The second-order valence-electron chi connectivity index (χ2n) is 4.67. The van der Waals surface area contributed by atoms with E-state index in [1.165, 1.54) is 0 Å². The van der Waals surface area contributed by atoms with Crippen molar-refractivity contribution in [1.29, 1.82) is 0 Å². The van der Waals surface area contributed by atoms with Gasteiger partial charge in [-0.15, -0.1) is 0 Å². The number of amides is 1. The normalized spacial score (nSPS) is 10.6. The van der Waals surface area contributed by atoms with E-state index in [1.54, 1.807) is 18.2 Å². The average Bonchev–Trinajstić information content (AvgIpc) is 2.25. The van der Waals surface area contributed by atoms with E-state index >= 15 is 0 Å². The number of phenols is 1. The van der Waals surface area contributed by atoms with Gasteiger partial charge in [0.2, 0.25) is 5.91 Å². The predicted molar refractivity (Wildman–Crippen MR) is 68.9 cm³/mol. The highest BCUT2D eigenvalue weighted by Crippen LogP contribution is 2.12. The van der Waals surface area contributed by atoms with Crippen LogP contribution >= 0.6 is 0 Å². The van der Waals surface area contributed by atoms with Crippen LogP contribution in [-0.4, -0.2) is 29.0 Å². The van der Waals surface area contributed by atoms with Crippen molar-refractivity contribution in [2.75, 3.05) is 13.1 Å². The molecule has 0 bridgehead atoms. The molecular weight excluding hydrogens is 214 g/mol. The summed E-state index contributed by atoms with van der Waals surface area (Å²) in [4.78, 5) is 13.9. The Hall–Kier alpha value is -1.51. The van der Waals surface area contributed by atoms with Crippen molar-refractivity contribution in [3.63, 3.8) is 0 Å². The third kappa shape index (κ3) is 4.47. The molecule has 3 nitrogen and oxygen atoms in total. The molecule has 1 N–H and O–H groups in total. The van der Waals surface area contributed by atoms with Gasteiger partial charge < -0.3 is 10.0 Å². The summed E-state index contributed by atoms with van der Waals surface area (Å²) in [6, 6.07) is 6.87. The van der Waals surface area contributed by atoms with Crippen LogP contribution in [-0.2, 0) is 11.2 Å². The number of carbonyl (C=O) groups excluding carboxylic acids is 1. The molecule has 0 unspecified atom stereocenters. The lowest BCUT2D eigenvalue weighted by molar-refractivity contribution is -0.130. The van der Waals surface area contributed by atoms with Crippen LogP contribution in [0.3, 0.4) is 0 Å². The van der Waals surface area contributed by atoms with Crippen molar-refractivity contribution in [3.8, 4) is 5.75 Å². The lowest BCUT2D eigenvalue weighted by atomic mass is 10.1. The molecule has 0 atom stereocenters. The minimum absolute atomic E-state index is 0.117. The summed E-state index contributed by atoms with van der Waals surface area (Å²) in [6.45, 7) is 7.71. The standard InChI is InChI=1S/C14H21NO2/c1-4-15(10-11(2)3)14(17)9-12-6-5-7-13(16)8-12/h5-8,11,16H,4,9-10H2,1-3H3. The summed E-state index contributed by atoms with van der Waals surface area (Å²) in [5.74, 6) is 0.803. The van der Waals surface area contributed by atoms with Gasteiger partial charge >= 0.3 is 0 Å². The van der Waals surface area contributed by atoms with Gasteiger partial charge in [0.15, 0.2) is 0 Å². The molecule has 0 aliphatic rings. The molecule has 0 aliphatic heterocycles. The first-order valence-corrected chi connectivity index (χ1v) is 6.08. The monoisotopic (exact) mass is 235 g/mol. The zero-order chi connectivity index (χ0) is 12.8. The van der Waals surface area contributed by atoms with Gasteiger partial charge in [-0.2, -0.15) is 0 Å². The van der Waals surface area contributed by atoms with E-state index in [9.17, 15) is 9.90 Å². The van der Waals surface area contributed by atoms with Crippen LogP contribution < -0.4 is 0 Å². The lowest BCUT2D eigenvalue weighted by Gasteiger charge is -2.23. The molecule has 0 heterocycles. The van der Waals surface area contributed by atoms with Gasteiger partial charge in [-0.3, -0.25) is 4.79 Å². The highest BCUT2D eigenvalue weighted by molar-refractivity contribution is 5.78. The molecular formula is C14H21NO2. The second kappa shape index (κ2) is 6.28. The van der Waals surface area contributed by atoms with E-state index in [4.69, 9.17) is 0 Å². The third-order valence-electron chi connectivity index (χ3n) is 2.59. The molecule has 0 fully saturated rings. The Kier molecular flexibility index (Phi) is 5.01. The van der Waals surface area contributed by atoms with Gasteiger partial charge in [-0.1, -0.05) is 26.0 Å². The molecule has 1 aromatic rings. The number of hydrogen-bond donors (Lipinski definition) is 1. The quantitative estimate of drug-likeness (QED) is 0.851. The predicted octanol–water partition coefficient (Wildman–Crippen LogP) is 2.44. The van der Waals surface area contributed by atoms with Crippen molar-refractivity contribution < 1.29 is 9.90 Å². The first-order valence-electron chi connectivity index (χ1n) is 6.08. The molecule has 0 saturated heterocycles. The van der Waals surface area contributed by atoms with Gasteiger partial charge in [-0.05, 0) is 30.5 Å². The van der Waals surface area contributed by atoms with Crippen LogP contribution in [0.25, 0.3) is 0 Å². The van der Waals surface area contributed by atoms with Crippen molar-refractivity contribution in [2.24, 2.45) is 5.92 Å². The van der Waals surface area contributed by atoms with Crippen LogP contribution in [0.5, 0.6) is 5.75 Å². The summed E-state index contributed by atoms with van der Waals surface area (Å²) >= 11 is 0. The Balaban J connectivity index is 2.64. The number of nitrogens with zero attached hydrogens (tertiary/aromatic N) is 1. The minimum atomic E-state index is 0.117. The van der Waals surface area contributed by atoms with Gasteiger partial charge in [0.25, 0.3) is 0 Å². The van der Waals surface area contributed by atoms with Crippen LogP contribution in [0.2, 0.25) is 0 Å². The van der Waals surface area contributed by atoms with Gasteiger partial charge in [0.05, 0.1) is 6.42 Å². The van der Waals surface area contributed by atoms with Crippen LogP contribution in [0.4, 0.5) is 0 Å². The highest BCUT2D eigenvalue weighted by atomic mass is 16.3. The van der Waals surface area contributed by atoms with Crippen molar-refractivity contribution in [3.05, 3.63) is 29.8 Å². The Bertz CT molecular complexity index is 374. The average molecular weight is 235 g/mol. The van der Waals surface area contributed by atoms with E-state index in [1.807, 2.05) is 17.9 Å². The Morgan fingerprint density at radius 1 is 1.41 bits per heavy atom. The Morgan fingerprint density at radius 3 is 2.65 bits per heavy atom. The first kappa shape index (κ1) is 13.6. The fourth-order valence-electron chi connectivity index (χ4n) is 1.80. The number of rotatable bonds is 5. The van der Waals surface area contributed by atoms with E-state index in [-0.39, 0.29) is 11.7 Å². The van der Waals surface area contributed by atoms with Crippen LogP contribution in [0.15, 0.2) is 24.3 Å². The molecule has 0 saturated carbocycles. The zero-order valence-electron chi connectivity index (χ0n) is 10.8. The number of hydrogen-bond acceptors (Lipinski definition) is 2. The maximum absolute atomic E-state index is 12.0. The molecule has 0 aliphatic carbocycles. The zero-order valence-corrected chi connectivity index (χ0v) is 10.8. The van der Waals surface area contributed by atoms with Gasteiger partial charge in [0.1, 0.15) is 5.75 Å². The molecule has 1 rings (SSSR count). The molecule has 3 heteroatoms. The number of aromatic hydroxyl groups is 1. The first-order chi connectivity index (χ1) is 8.02. The molecule has 1 aromatic carbocycles. The van der Waals surface area contributed by atoms with Crippen molar-refractivity contribution in [1.82, 2.24) is 4.90 Å². The smallest absolute Gasteiger partial charge is 0.226 e. The van der Waals surface area contributed by atoms with E-state index in [0.717, 1.165) is 18.7 Å². The Labute approximate surface area is 103 Å². The summed E-state index contributed by atoms with van der Waals surface area (Å²) < 4.78 is 0.